The molecule has 1 rings (SSSR count). The Labute approximate surface area is 117 Å². The van der Waals surface area contributed by atoms with Crippen LogP contribution in [0.4, 0.5) is 4.79 Å². The maximum absolute atomic E-state index is 11.8. The van der Waals surface area contributed by atoms with E-state index < -0.39 is 5.60 Å². The summed E-state index contributed by atoms with van der Waals surface area (Å²) in [5.74, 6) is 0. The molecule has 0 aliphatic carbocycles. The molecule has 1 unspecified atom stereocenters. The fourth-order valence-corrected chi connectivity index (χ4v) is 2.55. The molecule has 0 aromatic heterocycles. The Balaban J connectivity index is 2.29. The summed E-state index contributed by atoms with van der Waals surface area (Å²) in [7, 11) is 3.57. The van der Waals surface area contributed by atoms with Crippen LogP contribution in [0.2, 0.25) is 0 Å². The predicted molar refractivity (Wildman–Crippen MR) is 77.2 cm³/mol. The van der Waals surface area contributed by atoms with Gasteiger partial charge in [-0.15, -0.1) is 0 Å². The number of piperidine rings is 1. The van der Waals surface area contributed by atoms with Gasteiger partial charge in [0.2, 0.25) is 0 Å². The van der Waals surface area contributed by atoms with Crippen LogP contribution in [0.1, 0.15) is 39.5 Å². The molecular formula is C14H29N3O2. The fourth-order valence-electron chi connectivity index (χ4n) is 2.55. The van der Waals surface area contributed by atoms with Gasteiger partial charge in [0, 0.05) is 39.8 Å². The number of urea groups is 1. The van der Waals surface area contributed by atoms with Crippen molar-refractivity contribution in [2.24, 2.45) is 0 Å². The van der Waals surface area contributed by atoms with Gasteiger partial charge >= 0.3 is 6.03 Å². The second-order valence-corrected chi connectivity index (χ2v) is 6.07. The van der Waals surface area contributed by atoms with Crippen molar-refractivity contribution < 1.29 is 9.90 Å². The largest absolute Gasteiger partial charge is 0.389 e. The number of hydrogen-bond acceptors (Lipinski definition) is 3. The molecule has 112 valence electrons. The number of rotatable bonds is 5. The third-order valence-corrected chi connectivity index (χ3v) is 3.71. The normalized spacial score (nSPS) is 20.2. The van der Waals surface area contributed by atoms with Gasteiger partial charge in [-0.2, -0.15) is 0 Å². The van der Waals surface area contributed by atoms with Crippen LogP contribution < -0.4 is 5.32 Å². The van der Waals surface area contributed by atoms with E-state index in [0.717, 1.165) is 38.8 Å². The Hall–Kier alpha value is -0.810. The van der Waals surface area contributed by atoms with E-state index in [4.69, 9.17) is 0 Å². The third-order valence-electron chi connectivity index (χ3n) is 3.71. The summed E-state index contributed by atoms with van der Waals surface area (Å²) in [6.45, 7) is 6.19. The van der Waals surface area contributed by atoms with Crippen LogP contribution in [0.5, 0.6) is 0 Å². The molecule has 1 aliphatic rings. The molecule has 0 radical (unpaired) electrons. The number of likely N-dealkylation sites (tertiary alicyclic amines) is 1. The van der Waals surface area contributed by atoms with Gasteiger partial charge in [-0.25, -0.2) is 4.79 Å². The summed E-state index contributed by atoms with van der Waals surface area (Å²) < 4.78 is 0. The van der Waals surface area contributed by atoms with Crippen molar-refractivity contribution >= 4 is 6.03 Å². The van der Waals surface area contributed by atoms with Gasteiger partial charge < -0.3 is 20.2 Å². The lowest BCUT2D eigenvalue weighted by molar-refractivity contribution is 0.0443. The second-order valence-electron chi connectivity index (χ2n) is 6.07. The van der Waals surface area contributed by atoms with Gasteiger partial charge in [0.25, 0.3) is 0 Å². The van der Waals surface area contributed by atoms with Gasteiger partial charge in [-0.3, -0.25) is 0 Å². The van der Waals surface area contributed by atoms with Crippen LogP contribution in [0.25, 0.3) is 0 Å². The number of amides is 2. The Morgan fingerprint density at radius 1 is 1.42 bits per heavy atom. The molecule has 0 aromatic rings. The summed E-state index contributed by atoms with van der Waals surface area (Å²) in [6.07, 6.45) is 3.73. The Morgan fingerprint density at radius 2 is 2.00 bits per heavy atom. The van der Waals surface area contributed by atoms with Crippen molar-refractivity contribution in [3.63, 3.8) is 0 Å². The highest BCUT2D eigenvalue weighted by Crippen LogP contribution is 2.14. The van der Waals surface area contributed by atoms with Crippen LogP contribution in [-0.2, 0) is 0 Å². The first-order valence-corrected chi connectivity index (χ1v) is 7.27. The predicted octanol–water partition coefficient (Wildman–Crippen LogP) is 1.27. The quantitative estimate of drug-likeness (QED) is 0.792. The van der Waals surface area contributed by atoms with Gasteiger partial charge in [0.15, 0.2) is 0 Å². The number of aliphatic hydroxyl groups is 1. The maximum atomic E-state index is 11.8. The molecule has 1 atom stereocenters. The zero-order chi connectivity index (χ0) is 14.5. The molecule has 0 spiro atoms. The average Bonchev–Trinajstić information content (AvgIpc) is 2.36. The number of carbonyl (C=O) groups is 1. The van der Waals surface area contributed by atoms with Crippen LogP contribution >= 0.6 is 0 Å². The molecule has 5 nitrogen and oxygen atoms in total. The highest BCUT2D eigenvalue weighted by Gasteiger charge is 2.25. The van der Waals surface area contributed by atoms with Crippen LogP contribution in [0, 0.1) is 0 Å². The van der Waals surface area contributed by atoms with E-state index in [-0.39, 0.29) is 6.03 Å². The monoisotopic (exact) mass is 271 g/mol. The van der Waals surface area contributed by atoms with Crippen molar-refractivity contribution in [1.82, 2.24) is 15.1 Å². The second kappa shape index (κ2) is 7.10. The molecule has 0 saturated carbocycles. The van der Waals surface area contributed by atoms with E-state index in [1.165, 1.54) is 0 Å². The zero-order valence-electron chi connectivity index (χ0n) is 12.8. The molecule has 1 saturated heterocycles. The minimum absolute atomic E-state index is 0.0939. The first kappa shape index (κ1) is 16.2. The number of nitrogens with one attached hydrogen (secondary N) is 1. The molecule has 0 bridgehead atoms. The van der Waals surface area contributed by atoms with Crippen molar-refractivity contribution in [1.29, 1.82) is 0 Å². The van der Waals surface area contributed by atoms with Crippen molar-refractivity contribution in [2.75, 3.05) is 33.7 Å². The standard InChI is InChI=1S/C14H29N3O2/c1-5-8-14(2,19)11-15-12-6-9-17(10-7-12)13(18)16(3)4/h12,15,19H,5-11H2,1-4H3. The van der Waals surface area contributed by atoms with Crippen LogP contribution in [0.15, 0.2) is 0 Å². The Bertz CT molecular complexity index is 284. The molecule has 2 amide bonds. The van der Waals surface area contributed by atoms with E-state index in [0.29, 0.717) is 12.6 Å². The summed E-state index contributed by atoms with van der Waals surface area (Å²) in [5.41, 5.74) is -0.620. The van der Waals surface area contributed by atoms with E-state index in [2.05, 4.69) is 12.2 Å². The van der Waals surface area contributed by atoms with Crippen molar-refractivity contribution in [3.8, 4) is 0 Å². The first-order chi connectivity index (χ1) is 8.85. The topological polar surface area (TPSA) is 55.8 Å². The van der Waals surface area contributed by atoms with Crippen LogP contribution in [0.3, 0.4) is 0 Å². The van der Waals surface area contributed by atoms with Crippen LogP contribution in [-0.4, -0.2) is 66.3 Å². The lowest BCUT2D eigenvalue weighted by Crippen LogP contribution is -2.50. The molecule has 0 aromatic carbocycles. The Kier molecular flexibility index (Phi) is 6.07. The summed E-state index contributed by atoms with van der Waals surface area (Å²) in [5, 5.41) is 13.6. The minimum Gasteiger partial charge on any atom is -0.389 e. The van der Waals surface area contributed by atoms with Crippen molar-refractivity contribution in [3.05, 3.63) is 0 Å². The molecule has 19 heavy (non-hydrogen) atoms. The number of nitrogens with zero attached hydrogens (tertiary/aromatic N) is 2. The first-order valence-electron chi connectivity index (χ1n) is 7.27. The molecule has 5 heteroatoms. The fraction of sp³-hybridized carbons (Fsp3) is 0.929. The summed E-state index contributed by atoms with van der Waals surface area (Å²) in [4.78, 5) is 15.3. The molecule has 1 aliphatic heterocycles. The lowest BCUT2D eigenvalue weighted by Gasteiger charge is -2.35. The molecule has 1 heterocycles. The SMILES string of the molecule is CCCC(C)(O)CNC1CCN(C(=O)N(C)C)CC1. The van der Waals surface area contributed by atoms with Crippen molar-refractivity contribution in [2.45, 2.75) is 51.2 Å². The smallest absolute Gasteiger partial charge is 0.319 e. The van der Waals surface area contributed by atoms with Gasteiger partial charge in [-0.05, 0) is 26.2 Å². The van der Waals surface area contributed by atoms with E-state index in [1.54, 1.807) is 19.0 Å². The highest BCUT2D eigenvalue weighted by atomic mass is 16.3. The zero-order valence-corrected chi connectivity index (χ0v) is 12.8. The van der Waals surface area contributed by atoms with Gasteiger partial charge in [0.1, 0.15) is 0 Å². The summed E-state index contributed by atoms with van der Waals surface area (Å²) >= 11 is 0. The van der Waals surface area contributed by atoms with Gasteiger partial charge in [-0.1, -0.05) is 13.3 Å². The third kappa shape index (κ3) is 5.37. The van der Waals surface area contributed by atoms with E-state index in [9.17, 15) is 9.90 Å². The molecule has 1 fully saturated rings. The van der Waals surface area contributed by atoms with E-state index in [1.807, 2.05) is 11.8 Å². The summed E-state index contributed by atoms with van der Waals surface area (Å²) in [6, 6.07) is 0.506. The lowest BCUT2D eigenvalue weighted by atomic mass is 9.98. The van der Waals surface area contributed by atoms with Gasteiger partial charge in [0.05, 0.1) is 5.60 Å². The highest BCUT2D eigenvalue weighted by molar-refractivity contribution is 5.73. The maximum Gasteiger partial charge on any atom is 0.319 e. The number of hydrogen-bond donors (Lipinski definition) is 2. The molecular weight excluding hydrogens is 242 g/mol. The molecule has 2 N–H and O–H groups in total. The average molecular weight is 271 g/mol. The number of carbonyl (C=O) groups excluding carboxylic acids is 1. The minimum atomic E-state index is -0.620. The Morgan fingerprint density at radius 3 is 2.47 bits per heavy atom. The van der Waals surface area contributed by atoms with E-state index >= 15 is 0 Å².